The maximum atomic E-state index is 13.2. The van der Waals surface area contributed by atoms with Crippen molar-refractivity contribution in [2.45, 2.75) is 32.3 Å². The molecule has 1 fully saturated rings. The highest BCUT2D eigenvalue weighted by atomic mass is 79.9. The fourth-order valence-corrected chi connectivity index (χ4v) is 2.85. The molecule has 0 saturated carbocycles. The van der Waals surface area contributed by atoms with Crippen molar-refractivity contribution in [2.24, 2.45) is 5.92 Å². The lowest BCUT2D eigenvalue weighted by molar-refractivity contribution is -0.135. The van der Waals surface area contributed by atoms with Crippen LogP contribution in [-0.2, 0) is 11.2 Å². The van der Waals surface area contributed by atoms with Crippen LogP contribution in [0.4, 0.5) is 4.39 Å². The first-order valence-electron chi connectivity index (χ1n) is 6.87. The van der Waals surface area contributed by atoms with Gasteiger partial charge in [0.25, 0.3) is 0 Å². The quantitative estimate of drug-likeness (QED) is 0.916. The van der Waals surface area contributed by atoms with Crippen LogP contribution < -0.4 is 0 Å². The Hall–Kier alpha value is -0.940. The van der Waals surface area contributed by atoms with Gasteiger partial charge in [-0.05, 0) is 42.5 Å². The molecule has 0 bridgehead atoms. The van der Waals surface area contributed by atoms with Gasteiger partial charge in [0.15, 0.2) is 0 Å². The molecule has 1 heterocycles. The molecule has 0 radical (unpaired) electrons. The maximum absolute atomic E-state index is 13.2. The number of amides is 1. The van der Waals surface area contributed by atoms with Crippen LogP contribution >= 0.6 is 15.9 Å². The van der Waals surface area contributed by atoms with Gasteiger partial charge in [-0.1, -0.05) is 22.9 Å². The lowest BCUT2D eigenvalue weighted by Gasteiger charge is -2.34. The van der Waals surface area contributed by atoms with Gasteiger partial charge in [0.2, 0.25) is 5.91 Å². The maximum Gasteiger partial charge on any atom is 0.222 e. The second-order valence-electron chi connectivity index (χ2n) is 5.41. The molecule has 1 N–H and O–H groups in total. The van der Waals surface area contributed by atoms with Gasteiger partial charge in [0.1, 0.15) is 5.82 Å². The Morgan fingerprint density at radius 2 is 2.30 bits per heavy atom. The molecule has 3 nitrogen and oxygen atoms in total. The average Bonchev–Trinajstić information content (AvgIpc) is 2.42. The minimum Gasteiger partial charge on any atom is -0.391 e. The van der Waals surface area contributed by atoms with E-state index in [1.807, 2.05) is 6.92 Å². The number of likely N-dealkylation sites (tertiary alicyclic amines) is 1. The number of aliphatic hydroxyl groups excluding tert-OH is 1. The molecule has 2 rings (SSSR count). The molecule has 1 aromatic rings. The molecular weight excluding hydrogens is 325 g/mol. The SMILES string of the molecule is C[C@H]1CCN(C(=O)CCc2cc(F)ccc2Br)C[C@H]1O. The van der Waals surface area contributed by atoms with Gasteiger partial charge in [-0.2, -0.15) is 0 Å². The second-order valence-corrected chi connectivity index (χ2v) is 6.26. The first-order valence-corrected chi connectivity index (χ1v) is 7.66. The smallest absolute Gasteiger partial charge is 0.222 e. The van der Waals surface area contributed by atoms with E-state index in [2.05, 4.69) is 15.9 Å². The minimum atomic E-state index is -0.436. The monoisotopic (exact) mass is 343 g/mol. The van der Waals surface area contributed by atoms with Gasteiger partial charge in [-0.3, -0.25) is 4.79 Å². The molecule has 1 amide bonds. The van der Waals surface area contributed by atoms with E-state index in [1.54, 1.807) is 11.0 Å². The zero-order chi connectivity index (χ0) is 14.7. The topological polar surface area (TPSA) is 40.5 Å². The Morgan fingerprint density at radius 3 is 3.00 bits per heavy atom. The number of piperidine rings is 1. The van der Waals surface area contributed by atoms with E-state index >= 15 is 0 Å². The molecule has 1 aromatic carbocycles. The molecule has 1 aliphatic heterocycles. The van der Waals surface area contributed by atoms with Gasteiger partial charge < -0.3 is 10.0 Å². The fourth-order valence-electron chi connectivity index (χ4n) is 2.41. The third-order valence-corrected chi connectivity index (χ3v) is 4.66. The van der Waals surface area contributed by atoms with Crippen LogP contribution in [0.15, 0.2) is 22.7 Å². The van der Waals surface area contributed by atoms with E-state index in [1.165, 1.54) is 12.1 Å². The van der Waals surface area contributed by atoms with Crippen molar-refractivity contribution in [3.8, 4) is 0 Å². The number of β-amino-alcohol motifs (C(OH)–C–C–N with tert-alkyl or cyclic N) is 1. The van der Waals surface area contributed by atoms with Crippen molar-refractivity contribution >= 4 is 21.8 Å². The Morgan fingerprint density at radius 1 is 1.55 bits per heavy atom. The number of benzene rings is 1. The van der Waals surface area contributed by atoms with Crippen LogP contribution in [-0.4, -0.2) is 35.1 Å². The normalized spacial score (nSPS) is 22.9. The zero-order valence-electron chi connectivity index (χ0n) is 11.5. The van der Waals surface area contributed by atoms with Crippen molar-refractivity contribution in [2.75, 3.05) is 13.1 Å². The molecule has 20 heavy (non-hydrogen) atoms. The van der Waals surface area contributed by atoms with Gasteiger partial charge in [0.05, 0.1) is 6.10 Å². The highest BCUT2D eigenvalue weighted by molar-refractivity contribution is 9.10. The summed E-state index contributed by atoms with van der Waals surface area (Å²) in [6.07, 6.45) is 1.23. The van der Waals surface area contributed by atoms with Crippen LogP contribution in [0.2, 0.25) is 0 Å². The number of aryl methyl sites for hydroxylation is 1. The van der Waals surface area contributed by atoms with Crippen molar-refractivity contribution < 1.29 is 14.3 Å². The molecule has 2 atom stereocenters. The lowest BCUT2D eigenvalue weighted by atomic mass is 9.95. The summed E-state index contributed by atoms with van der Waals surface area (Å²) < 4.78 is 14.0. The van der Waals surface area contributed by atoms with Gasteiger partial charge in [-0.15, -0.1) is 0 Å². The Labute approximate surface area is 126 Å². The predicted octanol–water partition coefficient (Wildman–Crippen LogP) is 2.75. The van der Waals surface area contributed by atoms with E-state index < -0.39 is 6.10 Å². The summed E-state index contributed by atoms with van der Waals surface area (Å²) in [5, 5.41) is 9.81. The number of carbonyl (C=O) groups excluding carboxylic acids is 1. The van der Waals surface area contributed by atoms with Crippen molar-refractivity contribution in [1.82, 2.24) is 4.90 Å². The standard InChI is InChI=1S/C15H19BrFNO2/c1-10-6-7-18(9-14(10)19)15(20)5-2-11-8-12(17)3-4-13(11)16/h3-4,8,10,14,19H,2,5-7,9H2,1H3/t10-,14+/m0/s1. The van der Waals surface area contributed by atoms with E-state index in [0.717, 1.165) is 16.5 Å². The largest absolute Gasteiger partial charge is 0.391 e. The van der Waals surface area contributed by atoms with Crippen molar-refractivity contribution in [1.29, 1.82) is 0 Å². The molecule has 0 aliphatic carbocycles. The van der Waals surface area contributed by atoms with E-state index in [-0.39, 0.29) is 17.6 Å². The number of hydrogen-bond donors (Lipinski definition) is 1. The minimum absolute atomic E-state index is 0.0205. The third-order valence-electron chi connectivity index (χ3n) is 3.89. The first-order chi connectivity index (χ1) is 9.47. The van der Waals surface area contributed by atoms with Crippen LogP contribution in [0.25, 0.3) is 0 Å². The third kappa shape index (κ3) is 3.79. The lowest BCUT2D eigenvalue weighted by Crippen LogP contribution is -2.45. The van der Waals surface area contributed by atoms with E-state index in [9.17, 15) is 14.3 Å². The number of aliphatic hydroxyl groups is 1. The first kappa shape index (κ1) is 15.4. The van der Waals surface area contributed by atoms with Gasteiger partial charge in [-0.25, -0.2) is 4.39 Å². The van der Waals surface area contributed by atoms with E-state index in [0.29, 0.717) is 25.9 Å². The second kappa shape index (κ2) is 6.68. The summed E-state index contributed by atoms with van der Waals surface area (Å²) in [4.78, 5) is 13.8. The summed E-state index contributed by atoms with van der Waals surface area (Å²) in [5.74, 6) is -0.0265. The number of carbonyl (C=O) groups is 1. The molecule has 0 spiro atoms. The van der Waals surface area contributed by atoms with Crippen molar-refractivity contribution in [3.63, 3.8) is 0 Å². The summed E-state index contributed by atoms with van der Waals surface area (Å²) in [7, 11) is 0. The molecule has 5 heteroatoms. The van der Waals surface area contributed by atoms with Crippen molar-refractivity contribution in [3.05, 3.63) is 34.1 Å². The van der Waals surface area contributed by atoms with Crippen LogP contribution in [0, 0.1) is 11.7 Å². The predicted molar refractivity (Wildman–Crippen MR) is 78.8 cm³/mol. The summed E-state index contributed by atoms with van der Waals surface area (Å²) in [5.41, 5.74) is 0.796. The highest BCUT2D eigenvalue weighted by Gasteiger charge is 2.26. The number of halogens is 2. The zero-order valence-corrected chi connectivity index (χ0v) is 13.1. The van der Waals surface area contributed by atoms with Crippen LogP contribution in [0.1, 0.15) is 25.3 Å². The Kier molecular flexibility index (Phi) is 5.16. The fraction of sp³-hybridized carbons (Fsp3) is 0.533. The van der Waals surface area contributed by atoms with E-state index in [4.69, 9.17) is 0 Å². The molecule has 110 valence electrons. The number of hydrogen-bond acceptors (Lipinski definition) is 2. The Balaban J connectivity index is 1.90. The van der Waals surface area contributed by atoms with Crippen LogP contribution in [0.5, 0.6) is 0 Å². The number of nitrogens with zero attached hydrogens (tertiary/aromatic N) is 1. The summed E-state index contributed by atoms with van der Waals surface area (Å²) in [6, 6.07) is 4.49. The summed E-state index contributed by atoms with van der Waals surface area (Å²) in [6.45, 7) is 3.10. The molecule has 0 unspecified atom stereocenters. The molecule has 0 aromatic heterocycles. The summed E-state index contributed by atoms with van der Waals surface area (Å²) >= 11 is 3.36. The Bertz CT molecular complexity index is 495. The van der Waals surface area contributed by atoms with Crippen LogP contribution in [0.3, 0.4) is 0 Å². The number of rotatable bonds is 3. The highest BCUT2D eigenvalue weighted by Crippen LogP contribution is 2.21. The molecule has 1 saturated heterocycles. The van der Waals surface area contributed by atoms with Gasteiger partial charge >= 0.3 is 0 Å². The molecule has 1 aliphatic rings. The average molecular weight is 344 g/mol. The molecular formula is C15H19BrFNO2. The van der Waals surface area contributed by atoms with Gasteiger partial charge in [0, 0.05) is 24.0 Å².